The molecule has 0 aliphatic heterocycles. The number of allylic oxidation sites excluding steroid dienone is 2. The summed E-state index contributed by atoms with van der Waals surface area (Å²) >= 11 is 0. The Kier molecular flexibility index (Phi) is 4.60. The number of hydrogen-bond donors (Lipinski definition) is 2. The summed E-state index contributed by atoms with van der Waals surface area (Å²) in [6, 6.07) is 7.12. The molecule has 0 radical (unpaired) electrons. The number of fused-ring (bicyclic) bond motifs is 1. The van der Waals surface area contributed by atoms with E-state index in [1.54, 1.807) is 31.2 Å². The average molecular weight is 374 g/mol. The van der Waals surface area contributed by atoms with E-state index >= 15 is 0 Å². The number of aromatic amines is 1. The fourth-order valence-corrected chi connectivity index (χ4v) is 2.83. The van der Waals surface area contributed by atoms with Crippen molar-refractivity contribution in [3.8, 4) is 6.07 Å². The molecule has 2 N–H and O–H groups in total. The Morgan fingerprint density at radius 3 is 2.81 bits per heavy atom. The summed E-state index contributed by atoms with van der Waals surface area (Å²) in [5, 5.41) is 12.5. The molecule has 0 bridgehead atoms. The number of aromatic nitrogens is 2. The van der Waals surface area contributed by atoms with Crippen LogP contribution in [-0.4, -0.2) is 41.9 Å². The molecule has 0 amide bonds. The normalized spacial score (nSPS) is 19.2. The quantitative estimate of drug-likeness (QED) is 0.616. The number of hydrogen-bond acceptors (Lipinski definition) is 7. The number of benzene rings is 1. The maximum Gasteiger partial charge on any atom is 0.466 e. The van der Waals surface area contributed by atoms with Crippen molar-refractivity contribution in [2.75, 3.05) is 7.11 Å². The van der Waals surface area contributed by atoms with Crippen molar-refractivity contribution in [2.24, 2.45) is 5.16 Å². The van der Waals surface area contributed by atoms with Crippen LogP contribution in [0.15, 0.2) is 41.1 Å². The zero-order chi connectivity index (χ0) is 18.9. The van der Waals surface area contributed by atoms with Gasteiger partial charge in [-0.15, -0.1) is 0 Å². The second-order valence-electron chi connectivity index (χ2n) is 5.55. The Labute approximate surface area is 149 Å². The number of imidazole rings is 1. The Morgan fingerprint density at radius 2 is 2.15 bits per heavy atom. The highest BCUT2D eigenvalue weighted by Crippen LogP contribution is 2.28. The van der Waals surface area contributed by atoms with Gasteiger partial charge in [-0.2, -0.15) is 13.7 Å². The monoisotopic (exact) mass is 374 g/mol. The highest BCUT2D eigenvalue weighted by Gasteiger charge is 2.27. The van der Waals surface area contributed by atoms with Crippen LogP contribution < -0.4 is 0 Å². The molecule has 10 heteroatoms. The molecule has 134 valence electrons. The van der Waals surface area contributed by atoms with Crippen LogP contribution in [0.5, 0.6) is 0 Å². The van der Waals surface area contributed by atoms with Crippen molar-refractivity contribution < 1.29 is 22.0 Å². The molecule has 1 heterocycles. The highest BCUT2D eigenvalue weighted by molar-refractivity contribution is 7.80. The van der Waals surface area contributed by atoms with Crippen LogP contribution >= 0.6 is 0 Å². The molecule has 26 heavy (non-hydrogen) atoms. The molecule has 1 unspecified atom stereocenters. The maximum atomic E-state index is 10.8. The van der Waals surface area contributed by atoms with Gasteiger partial charge in [0.2, 0.25) is 0 Å². The molecule has 0 saturated carbocycles. The minimum absolute atomic E-state index is 0.151. The van der Waals surface area contributed by atoms with Gasteiger partial charge in [0.1, 0.15) is 17.6 Å². The third-order valence-electron chi connectivity index (χ3n) is 3.67. The lowest BCUT2D eigenvalue weighted by Crippen LogP contribution is -2.27. The van der Waals surface area contributed by atoms with Crippen molar-refractivity contribution >= 4 is 32.7 Å². The summed E-state index contributed by atoms with van der Waals surface area (Å²) < 4.78 is 39.8. The van der Waals surface area contributed by atoms with Crippen LogP contribution in [0, 0.1) is 11.3 Å². The van der Waals surface area contributed by atoms with E-state index in [2.05, 4.69) is 25.5 Å². The number of methoxy groups -OCH3 is 1. The SMILES string of the molecule is COC1C(c2nc3ccc(C#N)cc3[nH]2)=CC(C)=CC1=NOS(=O)(=O)O. The number of ether oxygens (including phenoxy) is 1. The third-order valence-corrected chi connectivity index (χ3v) is 3.93. The summed E-state index contributed by atoms with van der Waals surface area (Å²) in [7, 11) is -3.31. The first-order valence-corrected chi connectivity index (χ1v) is 8.74. The fourth-order valence-electron chi connectivity index (χ4n) is 2.65. The first-order valence-electron chi connectivity index (χ1n) is 7.37. The summed E-state index contributed by atoms with van der Waals surface area (Å²) in [5.41, 5.74) is 3.33. The number of H-pyrrole nitrogens is 1. The van der Waals surface area contributed by atoms with E-state index in [0.29, 0.717) is 28.0 Å². The van der Waals surface area contributed by atoms with Gasteiger partial charge in [-0.05, 0) is 42.8 Å². The lowest BCUT2D eigenvalue weighted by Gasteiger charge is -2.21. The maximum absolute atomic E-state index is 10.8. The molecular weight excluding hydrogens is 360 g/mol. The second-order valence-corrected chi connectivity index (χ2v) is 6.56. The molecule has 0 saturated heterocycles. The van der Waals surface area contributed by atoms with Crippen LogP contribution in [0.3, 0.4) is 0 Å². The minimum Gasteiger partial charge on any atom is -0.370 e. The predicted molar refractivity (Wildman–Crippen MR) is 93.4 cm³/mol. The molecule has 1 aromatic carbocycles. The molecule has 9 nitrogen and oxygen atoms in total. The smallest absolute Gasteiger partial charge is 0.370 e. The zero-order valence-corrected chi connectivity index (χ0v) is 14.6. The lowest BCUT2D eigenvalue weighted by molar-refractivity contribution is 0.192. The van der Waals surface area contributed by atoms with E-state index in [1.165, 1.54) is 7.11 Å². The molecule has 2 aromatic rings. The molecule has 0 fully saturated rings. The van der Waals surface area contributed by atoms with Crippen molar-refractivity contribution in [1.82, 2.24) is 9.97 Å². The van der Waals surface area contributed by atoms with Crippen LogP contribution in [0.4, 0.5) is 0 Å². The number of nitriles is 1. The zero-order valence-electron chi connectivity index (χ0n) is 13.8. The van der Waals surface area contributed by atoms with Gasteiger partial charge in [-0.25, -0.2) is 9.27 Å². The average Bonchev–Trinajstić information content (AvgIpc) is 3.01. The van der Waals surface area contributed by atoms with Gasteiger partial charge < -0.3 is 9.72 Å². The van der Waals surface area contributed by atoms with E-state index in [9.17, 15) is 8.42 Å². The molecular formula is C16H14N4O5S. The van der Waals surface area contributed by atoms with E-state index in [1.807, 2.05) is 6.08 Å². The number of nitrogens with one attached hydrogen (secondary N) is 1. The van der Waals surface area contributed by atoms with Crippen molar-refractivity contribution in [3.63, 3.8) is 0 Å². The first-order chi connectivity index (χ1) is 12.3. The Morgan fingerprint density at radius 1 is 1.38 bits per heavy atom. The van der Waals surface area contributed by atoms with Crippen molar-refractivity contribution in [3.05, 3.63) is 47.3 Å². The van der Waals surface area contributed by atoms with Crippen LogP contribution in [-0.2, 0) is 19.4 Å². The standard InChI is InChI=1S/C16H14N4O5S/c1-9-5-11(15(24-2)14(6-9)20-25-26(21,22)23)16-18-12-4-3-10(8-17)7-13(12)19-16/h3-7,15H,1-2H3,(H,18,19)(H,21,22,23). The molecule has 1 aromatic heterocycles. The largest absolute Gasteiger partial charge is 0.466 e. The summed E-state index contributed by atoms with van der Waals surface area (Å²) in [5.74, 6) is 0.481. The summed E-state index contributed by atoms with van der Waals surface area (Å²) in [6.45, 7) is 1.78. The third kappa shape index (κ3) is 3.65. The Bertz CT molecular complexity index is 1110. The number of rotatable bonds is 4. The topological polar surface area (TPSA) is 138 Å². The van der Waals surface area contributed by atoms with Crippen LogP contribution in [0.25, 0.3) is 16.6 Å². The van der Waals surface area contributed by atoms with E-state index in [-0.39, 0.29) is 5.71 Å². The Balaban J connectivity index is 2.05. The molecule has 1 aliphatic rings. The number of oxime groups is 1. The van der Waals surface area contributed by atoms with Gasteiger partial charge in [0.15, 0.2) is 0 Å². The fraction of sp³-hybridized carbons (Fsp3) is 0.188. The van der Waals surface area contributed by atoms with Crippen LogP contribution in [0.1, 0.15) is 18.3 Å². The van der Waals surface area contributed by atoms with E-state index in [0.717, 1.165) is 5.57 Å². The van der Waals surface area contributed by atoms with E-state index < -0.39 is 16.5 Å². The van der Waals surface area contributed by atoms with Crippen molar-refractivity contribution in [1.29, 1.82) is 5.26 Å². The van der Waals surface area contributed by atoms with Gasteiger partial charge in [0.25, 0.3) is 0 Å². The molecule has 3 rings (SSSR count). The highest BCUT2D eigenvalue weighted by atomic mass is 32.3. The molecule has 1 atom stereocenters. The summed E-state index contributed by atoms with van der Waals surface area (Å²) in [6.07, 6.45) is 2.61. The molecule has 1 aliphatic carbocycles. The van der Waals surface area contributed by atoms with Gasteiger partial charge in [-0.1, -0.05) is 5.16 Å². The predicted octanol–water partition coefficient (Wildman–Crippen LogP) is 1.97. The summed E-state index contributed by atoms with van der Waals surface area (Å²) in [4.78, 5) is 7.60. The molecule has 0 spiro atoms. The Hall–Kier alpha value is -3.00. The van der Waals surface area contributed by atoms with Gasteiger partial charge in [-0.3, -0.25) is 4.55 Å². The second kappa shape index (κ2) is 6.72. The number of nitrogens with zero attached hydrogens (tertiary/aromatic N) is 3. The van der Waals surface area contributed by atoms with Gasteiger partial charge >= 0.3 is 10.4 Å². The minimum atomic E-state index is -4.73. The van der Waals surface area contributed by atoms with Crippen LogP contribution in [0.2, 0.25) is 0 Å². The first kappa shape index (κ1) is 17.8. The van der Waals surface area contributed by atoms with Gasteiger partial charge in [0, 0.05) is 12.7 Å². The lowest BCUT2D eigenvalue weighted by atomic mass is 9.95. The van der Waals surface area contributed by atoms with E-state index in [4.69, 9.17) is 14.6 Å². The van der Waals surface area contributed by atoms with Crippen molar-refractivity contribution in [2.45, 2.75) is 13.0 Å². The van der Waals surface area contributed by atoms with Gasteiger partial charge in [0.05, 0.1) is 22.7 Å².